The summed E-state index contributed by atoms with van der Waals surface area (Å²) in [7, 11) is 0. The number of rotatable bonds is 5. The normalized spacial score (nSPS) is 15.9. The standard InChI is InChI=1S/C15H24N2/c1-15(2,3)13-8-9-14(17-11-13)16-10-4-5-12-6-7-12/h8-9,11-12H,4-7,10H2,1-3H3,(H,16,17). The van der Waals surface area contributed by atoms with Gasteiger partial charge in [-0.25, -0.2) is 4.98 Å². The van der Waals surface area contributed by atoms with Gasteiger partial charge in [0.1, 0.15) is 5.82 Å². The summed E-state index contributed by atoms with van der Waals surface area (Å²) in [5, 5.41) is 3.40. The van der Waals surface area contributed by atoms with Crippen LogP contribution in [0.25, 0.3) is 0 Å². The second kappa shape index (κ2) is 5.07. The molecule has 2 nitrogen and oxygen atoms in total. The van der Waals surface area contributed by atoms with Crippen molar-refractivity contribution in [2.75, 3.05) is 11.9 Å². The number of anilines is 1. The molecule has 17 heavy (non-hydrogen) atoms. The van der Waals surface area contributed by atoms with E-state index in [1.807, 2.05) is 6.20 Å². The van der Waals surface area contributed by atoms with E-state index in [0.717, 1.165) is 18.3 Å². The van der Waals surface area contributed by atoms with Gasteiger partial charge in [-0.1, -0.05) is 39.7 Å². The van der Waals surface area contributed by atoms with Crippen molar-refractivity contribution in [3.8, 4) is 0 Å². The van der Waals surface area contributed by atoms with Crippen LogP contribution in [0.1, 0.15) is 52.0 Å². The van der Waals surface area contributed by atoms with Gasteiger partial charge in [0.2, 0.25) is 0 Å². The number of hydrogen-bond donors (Lipinski definition) is 1. The van der Waals surface area contributed by atoms with E-state index in [-0.39, 0.29) is 5.41 Å². The highest BCUT2D eigenvalue weighted by molar-refractivity contribution is 5.36. The first-order valence-electron chi connectivity index (χ1n) is 6.76. The monoisotopic (exact) mass is 232 g/mol. The van der Waals surface area contributed by atoms with Crippen LogP contribution in [0.15, 0.2) is 18.3 Å². The van der Waals surface area contributed by atoms with Gasteiger partial charge in [0.15, 0.2) is 0 Å². The fraction of sp³-hybridized carbons (Fsp3) is 0.667. The summed E-state index contributed by atoms with van der Waals surface area (Å²) in [6.45, 7) is 7.70. The zero-order chi connectivity index (χ0) is 12.3. The highest BCUT2D eigenvalue weighted by Gasteiger charge is 2.19. The summed E-state index contributed by atoms with van der Waals surface area (Å²) in [6, 6.07) is 4.27. The Morgan fingerprint density at radius 1 is 1.29 bits per heavy atom. The van der Waals surface area contributed by atoms with E-state index in [0.29, 0.717) is 0 Å². The average Bonchev–Trinajstić information content (AvgIpc) is 3.08. The van der Waals surface area contributed by atoms with E-state index >= 15 is 0 Å². The molecule has 0 bridgehead atoms. The maximum atomic E-state index is 4.47. The van der Waals surface area contributed by atoms with Crippen molar-refractivity contribution in [3.05, 3.63) is 23.9 Å². The zero-order valence-corrected chi connectivity index (χ0v) is 11.3. The second-order valence-corrected chi connectivity index (χ2v) is 6.19. The zero-order valence-electron chi connectivity index (χ0n) is 11.3. The van der Waals surface area contributed by atoms with Crippen LogP contribution in [0.4, 0.5) is 5.82 Å². The van der Waals surface area contributed by atoms with Crippen molar-refractivity contribution in [1.82, 2.24) is 4.98 Å². The third-order valence-corrected chi connectivity index (χ3v) is 3.42. The fourth-order valence-electron chi connectivity index (χ4n) is 1.96. The van der Waals surface area contributed by atoms with Crippen LogP contribution in [0.2, 0.25) is 0 Å². The summed E-state index contributed by atoms with van der Waals surface area (Å²) in [5.74, 6) is 2.04. The van der Waals surface area contributed by atoms with Gasteiger partial charge < -0.3 is 5.32 Å². The first-order chi connectivity index (χ1) is 8.05. The van der Waals surface area contributed by atoms with Gasteiger partial charge in [0.25, 0.3) is 0 Å². The molecule has 0 radical (unpaired) electrons. The molecule has 1 aliphatic carbocycles. The fourth-order valence-corrected chi connectivity index (χ4v) is 1.96. The lowest BCUT2D eigenvalue weighted by Gasteiger charge is -2.18. The average molecular weight is 232 g/mol. The van der Waals surface area contributed by atoms with Crippen LogP contribution in [-0.4, -0.2) is 11.5 Å². The largest absolute Gasteiger partial charge is 0.370 e. The molecule has 1 fully saturated rings. The van der Waals surface area contributed by atoms with Gasteiger partial charge in [-0.2, -0.15) is 0 Å². The molecular weight excluding hydrogens is 208 g/mol. The molecule has 94 valence electrons. The van der Waals surface area contributed by atoms with E-state index in [1.54, 1.807) is 0 Å². The smallest absolute Gasteiger partial charge is 0.125 e. The number of nitrogens with zero attached hydrogens (tertiary/aromatic N) is 1. The van der Waals surface area contributed by atoms with Gasteiger partial charge in [0, 0.05) is 12.7 Å². The molecule has 0 amide bonds. The number of aromatic nitrogens is 1. The van der Waals surface area contributed by atoms with E-state index < -0.39 is 0 Å². The maximum absolute atomic E-state index is 4.47. The Bertz CT molecular complexity index is 344. The third-order valence-electron chi connectivity index (χ3n) is 3.42. The first-order valence-corrected chi connectivity index (χ1v) is 6.76. The third kappa shape index (κ3) is 4.03. The summed E-state index contributed by atoms with van der Waals surface area (Å²) < 4.78 is 0. The van der Waals surface area contributed by atoms with Crippen molar-refractivity contribution in [2.24, 2.45) is 5.92 Å². The predicted octanol–water partition coefficient (Wildman–Crippen LogP) is 3.98. The molecule has 0 aromatic carbocycles. The molecule has 1 heterocycles. The Labute approximate surface area is 105 Å². The number of nitrogens with one attached hydrogen (secondary N) is 1. The summed E-state index contributed by atoms with van der Waals surface area (Å²) in [5.41, 5.74) is 1.48. The molecule has 1 N–H and O–H groups in total. The van der Waals surface area contributed by atoms with Crippen molar-refractivity contribution < 1.29 is 0 Å². The minimum Gasteiger partial charge on any atom is -0.370 e. The maximum Gasteiger partial charge on any atom is 0.125 e. The molecule has 0 spiro atoms. The van der Waals surface area contributed by atoms with Crippen LogP contribution < -0.4 is 5.32 Å². The van der Waals surface area contributed by atoms with Gasteiger partial charge in [-0.05, 0) is 35.8 Å². The van der Waals surface area contributed by atoms with Crippen molar-refractivity contribution in [3.63, 3.8) is 0 Å². The molecule has 1 saturated carbocycles. The van der Waals surface area contributed by atoms with Gasteiger partial charge >= 0.3 is 0 Å². The SMILES string of the molecule is CC(C)(C)c1ccc(NCCCC2CC2)nc1. The lowest BCUT2D eigenvalue weighted by Crippen LogP contribution is -2.12. The molecule has 0 aliphatic heterocycles. The van der Waals surface area contributed by atoms with Crippen LogP contribution >= 0.6 is 0 Å². The highest BCUT2D eigenvalue weighted by atomic mass is 15.0. The quantitative estimate of drug-likeness (QED) is 0.777. The minimum absolute atomic E-state index is 0.192. The number of hydrogen-bond acceptors (Lipinski definition) is 2. The van der Waals surface area contributed by atoms with Crippen LogP contribution in [0.3, 0.4) is 0 Å². The Hall–Kier alpha value is -1.05. The van der Waals surface area contributed by atoms with E-state index in [2.05, 4.69) is 43.2 Å². The molecule has 2 heteroatoms. The molecule has 0 unspecified atom stereocenters. The van der Waals surface area contributed by atoms with Crippen LogP contribution in [0, 0.1) is 5.92 Å². The summed E-state index contributed by atoms with van der Waals surface area (Å²) >= 11 is 0. The molecule has 1 aliphatic rings. The van der Waals surface area contributed by atoms with E-state index in [1.165, 1.54) is 31.2 Å². The lowest BCUT2D eigenvalue weighted by atomic mass is 9.88. The van der Waals surface area contributed by atoms with Crippen LogP contribution in [-0.2, 0) is 5.41 Å². The summed E-state index contributed by atoms with van der Waals surface area (Å²) in [4.78, 5) is 4.47. The Kier molecular flexibility index (Phi) is 3.70. The number of pyridine rings is 1. The van der Waals surface area contributed by atoms with Gasteiger partial charge in [-0.15, -0.1) is 0 Å². The second-order valence-electron chi connectivity index (χ2n) is 6.19. The minimum atomic E-state index is 0.192. The van der Waals surface area contributed by atoms with E-state index in [9.17, 15) is 0 Å². The van der Waals surface area contributed by atoms with Gasteiger partial charge in [0.05, 0.1) is 0 Å². The summed E-state index contributed by atoms with van der Waals surface area (Å²) in [6.07, 6.45) is 7.56. The van der Waals surface area contributed by atoms with Crippen molar-refractivity contribution >= 4 is 5.82 Å². The van der Waals surface area contributed by atoms with E-state index in [4.69, 9.17) is 0 Å². The van der Waals surface area contributed by atoms with Crippen molar-refractivity contribution in [2.45, 2.75) is 51.9 Å². The molecule has 0 saturated heterocycles. The Morgan fingerprint density at radius 3 is 2.59 bits per heavy atom. The molecule has 2 rings (SSSR count). The Balaban J connectivity index is 1.76. The van der Waals surface area contributed by atoms with Crippen molar-refractivity contribution in [1.29, 1.82) is 0 Å². The molecular formula is C15H24N2. The molecule has 1 aromatic heterocycles. The topological polar surface area (TPSA) is 24.9 Å². The lowest BCUT2D eigenvalue weighted by molar-refractivity contribution is 0.587. The highest BCUT2D eigenvalue weighted by Crippen LogP contribution is 2.33. The first kappa shape index (κ1) is 12.4. The molecule has 0 atom stereocenters. The van der Waals surface area contributed by atoms with Gasteiger partial charge in [-0.3, -0.25) is 0 Å². The molecule has 1 aromatic rings. The predicted molar refractivity (Wildman–Crippen MR) is 73.4 cm³/mol. The Morgan fingerprint density at radius 2 is 2.06 bits per heavy atom. The van der Waals surface area contributed by atoms with Crippen LogP contribution in [0.5, 0.6) is 0 Å².